The van der Waals surface area contributed by atoms with Crippen LogP contribution in [0.4, 0.5) is 5.69 Å². The number of carboxylic acids is 2. The van der Waals surface area contributed by atoms with E-state index in [4.69, 9.17) is 15.9 Å². The van der Waals surface area contributed by atoms with Crippen LogP contribution in [0.25, 0.3) is 0 Å². The average molecular weight is 459 g/mol. The summed E-state index contributed by atoms with van der Waals surface area (Å²) in [6, 6.07) is 3.54. The smallest absolute Gasteiger partial charge is 0.322 e. The Morgan fingerprint density at radius 2 is 1.81 bits per heavy atom. The van der Waals surface area contributed by atoms with Crippen LogP contribution in [0.15, 0.2) is 24.3 Å². The second-order valence-electron chi connectivity index (χ2n) is 6.33. The van der Waals surface area contributed by atoms with Crippen molar-refractivity contribution in [3.05, 3.63) is 24.3 Å². The molecule has 0 radical (unpaired) electrons. The van der Waals surface area contributed by atoms with E-state index in [-0.39, 0.29) is 30.1 Å². The van der Waals surface area contributed by atoms with Crippen molar-refractivity contribution < 1.29 is 39.3 Å². The minimum Gasteiger partial charge on any atom is -0.508 e. The Morgan fingerprint density at radius 1 is 1.10 bits per heavy atom. The van der Waals surface area contributed by atoms with Crippen LogP contribution in [0.3, 0.4) is 0 Å². The minimum atomic E-state index is -1.27. The number of nitrogens with one attached hydrogen (secondary N) is 3. The SMILES string of the molecule is N[C@@H](CCC(=O)N[C@@H](CSCC(=O)Nc1cccc(O)c1)C(=O)[15NH][13CH2][13C](=O)O)C(=O)O. The van der Waals surface area contributed by atoms with Crippen LogP contribution < -0.4 is 21.7 Å². The van der Waals surface area contributed by atoms with Crippen LogP contribution in [0.5, 0.6) is 5.75 Å². The standard InChI is InChI=1S/C18H24N4O8S/c19-12(18(29)30)4-5-14(24)22-13(17(28)20-7-16(26)27)8-31-9-15(25)21-10-2-1-3-11(23)6-10/h1-3,6,12-13,23H,4-5,7-9,19H2,(H,20,28)(H,21,25)(H,22,24)(H,26,27)(H,29,30)/t12-,13-/m0/s1/i7+1,16+1,20+1. The van der Waals surface area contributed by atoms with Gasteiger partial charge in [0.05, 0.1) is 5.75 Å². The molecule has 0 fully saturated rings. The van der Waals surface area contributed by atoms with Crippen LogP contribution in [-0.2, 0) is 24.0 Å². The lowest BCUT2D eigenvalue weighted by Gasteiger charge is -2.18. The molecule has 0 aliphatic rings. The highest BCUT2D eigenvalue weighted by Crippen LogP contribution is 2.16. The molecule has 8 N–H and O–H groups in total. The molecule has 0 aliphatic heterocycles. The summed E-state index contributed by atoms with van der Waals surface area (Å²) in [5.41, 5.74) is 5.71. The van der Waals surface area contributed by atoms with E-state index in [1.807, 2.05) is 0 Å². The maximum atomic E-state index is 12.2. The molecule has 0 bridgehead atoms. The summed E-state index contributed by atoms with van der Waals surface area (Å²) < 4.78 is 0. The van der Waals surface area contributed by atoms with Gasteiger partial charge in [0.1, 0.15) is 24.4 Å². The van der Waals surface area contributed by atoms with Crippen molar-refractivity contribution in [1.29, 1.82) is 0 Å². The first kappa shape index (κ1) is 25.7. The van der Waals surface area contributed by atoms with Crippen LogP contribution in [-0.4, -0.2) is 75.1 Å². The van der Waals surface area contributed by atoms with Crippen LogP contribution in [0, 0.1) is 0 Å². The number of benzene rings is 1. The molecular formula is C18H24N4O8S. The van der Waals surface area contributed by atoms with E-state index < -0.39 is 48.3 Å². The molecule has 0 unspecified atom stereocenters. The van der Waals surface area contributed by atoms with Crippen molar-refractivity contribution in [3.8, 4) is 5.75 Å². The number of rotatable bonds is 13. The van der Waals surface area contributed by atoms with Gasteiger partial charge < -0.3 is 37.0 Å². The van der Waals surface area contributed by atoms with Crippen molar-refractivity contribution in [2.24, 2.45) is 5.73 Å². The molecule has 13 heteroatoms. The molecule has 2 atom stereocenters. The molecule has 0 saturated carbocycles. The summed E-state index contributed by atoms with van der Waals surface area (Å²) in [5.74, 6) is -4.52. The number of aromatic hydroxyl groups is 1. The number of anilines is 1. The molecule has 0 spiro atoms. The third-order valence-corrected chi connectivity index (χ3v) is 4.75. The van der Waals surface area contributed by atoms with Gasteiger partial charge in [-0.2, -0.15) is 0 Å². The summed E-state index contributed by atoms with van der Waals surface area (Å²) >= 11 is 1.01. The second kappa shape index (κ2) is 13.1. The number of hydrogen-bond acceptors (Lipinski definition) is 8. The molecule has 0 heterocycles. The van der Waals surface area contributed by atoms with E-state index >= 15 is 0 Å². The molecule has 12 nitrogen and oxygen atoms in total. The minimum absolute atomic E-state index is 0.0223. The highest BCUT2D eigenvalue weighted by atomic mass is 32.2. The number of phenolic OH excluding ortho intramolecular Hbond substituents is 1. The number of hydrogen-bond donors (Lipinski definition) is 7. The number of carbonyl (C=O) groups excluding carboxylic acids is 3. The molecular weight excluding hydrogens is 435 g/mol. The molecule has 31 heavy (non-hydrogen) atoms. The van der Waals surface area contributed by atoms with Gasteiger partial charge in [0, 0.05) is 23.9 Å². The molecule has 1 aromatic rings. The van der Waals surface area contributed by atoms with Gasteiger partial charge in [-0.3, -0.25) is 24.0 Å². The first-order valence-corrected chi connectivity index (χ1v) is 10.2. The fourth-order valence-corrected chi connectivity index (χ4v) is 3.04. The van der Waals surface area contributed by atoms with Gasteiger partial charge in [0.25, 0.3) is 0 Å². The first-order valence-electron chi connectivity index (χ1n) is 9.02. The summed E-state index contributed by atoms with van der Waals surface area (Å²) in [6.45, 7) is -0.655. The zero-order valence-corrected chi connectivity index (χ0v) is 17.2. The van der Waals surface area contributed by atoms with Crippen LogP contribution in [0.1, 0.15) is 12.8 Å². The zero-order valence-electron chi connectivity index (χ0n) is 16.4. The number of carboxylic acid groups (broad SMARTS) is 2. The molecule has 0 saturated heterocycles. The van der Waals surface area contributed by atoms with E-state index in [1.165, 1.54) is 12.1 Å². The Hall–Kier alpha value is -3.32. The summed E-state index contributed by atoms with van der Waals surface area (Å²) in [5, 5.41) is 33.9. The number of aliphatic carboxylic acids is 2. The highest BCUT2D eigenvalue weighted by Gasteiger charge is 2.23. The predicted octanol–water partition coefficient (Wildman–Crippen LogP) is -1.06. The Morgan fingerprint density at radius 3 is 2.42 bits per heavy atom. The van der Waals surface area contributed by atoms with Crippen molar-refractivity contribution in [3.63, 3.8) is 0 Å². The fourth-order valence-electron chi connectivity index (χ4n) is 2.20. The van der Waals surface area contributed by atoms with E-state index in [2.05, 4.69) is 16.0 Å². The van der Waals surface area contributed by atoms with E-state index in [1.54, 1.807) is 12.1 Å². The highest BCUT2D eigenvalue weighted by molar-refractivity contribution is 8.00. The number of nitrogens with two attached hydrogens (primary N) is 1. The monoisotopic (exact) mass is 459 g/mol. The Bertz CT molecular complexity index is 820. The van der Waals surface area contributed by atoms with Gasteiger partial charge in [-0.25, -0.2) is 0 Å². The quantitative estimate of drug-likeness (QED) is 0.140. The first-order chi connectivity index (χ1) is 14.6. The third kappa shape index (κ3) is 10.9. The zero-order chi connectivity index (χ0) is 23.4. The van der Waals surface area contributed by atoms with Gasteiger partial charge >= 0.3 is 11.9 Å². The van der Waals surface area contributed by atoms with Gasteiger partial charge in [-0.1, -0.05) is 6.07 Å². The Balaban J connectivity index is 2.59. The molecule has 170 valence electrons. The summed E-state index contributed by atoms with van der Waals surface area (Å²) in [7, 11) is 0. The second-order valence-corrected chi connectivity index (χ2v) is 7.36. The van der Waals surface area contributed by atoms with Crippen molar-refractivity contribution >= 4 is 47.1 Å². The molecule has 1 aromatic carbocycles. The van der Waals surface area contributed by atoms with Gasteiger partial charge in [0.15, 0.2) is 0 Å². The average Bonchev–Trinajstić information content (AvgIpc) is 2.69. The number of phenols is 1. The van der Waals surface area contributed by atoms with Crippen molar-refractivity contribution in [2.75, 3.05) is 23.4 Å². The Kier molecular flexibility index (Phi) is 10.8. The van der Waals surface area contributed by atoms with Crippen molar-refractivity contribution in [1.82, 2.24) is 10.6 Å². The fraction of sp³-hybridized carbons (Fsp3) is 0.389. The lowest BCUT2D eigenvalue weighted by atomic mass is 10.1. The lowest BCUT2D eigenvalue weighted by molar-refractivity contribution is -0.139. The molecule has 3 amide bonds. The van der Waals surface area contributed by atoms with E-state index in [9.17, 15) is 29.1 Å². The maximum Gasteiger partial charge on any atom is 0.322 e. The van der Waals surface area contributed by atoms with Crippen molar-refractivity contribution in [2.45, 2.75) is 24.9 Å². The van der Waals surface area contributed by atoms with Crippen LogP contribution >= 0.6 is 11.8 Å². The summed E-state index contributed by atoms with van der Waals surface area (Å²) in [6.07, 6.45) is -0.400. The number of carbonyl (C=O) groups is 5. The largest absolute Gasteiger partial charge is 0.508 e. The van der Waals surface area contributed by atoms with Gasteiger partial charge in [0.2, 0.25) is 17.7 Å². The predicted molar refractivity (Wildman–Crippen MR) is 111 cm³/mol. The topological polar surface area (TPSA) is 208 Å². The number of thioether (sulfide) groups is 1. The normalized spacial score (nSPS) is 12.3. The summed E-state index contributed by atoms with van der Waals surface area (Å²) in [4.78, 5) is 57.6. The van der Waals surface area contributed by atoms with E-state index in [0.717, 1.165) is 11.8 Å². The number of amides is 3. The molecule has 1 rings (SSSR count). The molecule has 0 aliphatic carbocycles. The van der Waals surface area contributed by atoms with Gasteiger partial charge in [-0.05, 0) is 18.6 Å². The lowest BCUT2D eigenvalue weighted by Crippen LogP contribution is -2.49. The maximum absolute atomic E-state index is 12.2. The third-order valence-electron chi connectivity index (χ3n) is 3.71. The van der Waals surface area contributed by atoms with Crippen LogP contribution in [0.2, 0.25) is 0 Å². The van der Waals surface area contributed by atoms with E-state index in [0.29, 0.717) is 5.69 Å². The van der Waals surface area contributed by atoms with Gasteiger partial charge in [-0.15, -0.1) is 11.8 Å². The molecule has 0 aromatic heterocycles. The Labute approximate surface area is 181 Å².